The van der Waals surface area contributed by atoms with Crippen molar-refractivity contribution in [3.8, 4) is 0 Å². The van der Waals surface area contributed by atoms with E-state index in [0.717, 1.165) is 5.57 Å². The molecule has 0 saturated carbocycles. The fraction of sp³-hybridized carbons (Fsp3) is 0.727. The second-order valence-corrected chi connectivity index (χ2v) is 4.59. The zero-order chi connectivity index (χ0) is 11.4. The Morgan fingerprint density at radius 1 is 1.36 bits per heavy atom. The van der Waals surface area contributed by atoms with Crippen molar-refractivity contribution < 1.29 is 4.79 Å². The average molecular weight is 198 g/mol. The van der Waals surface area contributed by atoms with Gasteiger partial charge in [0, 0.05) is 18.3 Å². The molecule has 0 spiro atoms. The van der Waals surface area contributed by atoms with E-state index in [2.05, 4.69) is 5.32 Å². The number of nitrogens with zero attached hydrogens (tertiary/aromatic N) is 1. The summed E-state index contributed by atoms with van der Waals surface area (Å²) in [5.74, 6) is 0. The lowest BCUT2D eigenvalue weighted by Crippen LogP contribution is -2.49. The van der Waals surface area contributed by atoms with Crippen LogP contribution in [0.3, 0.4) is 0 Å². The number of hydrogen-bond acceptors (Lipinski definition) is 1. The molecule has 3 heteroatoms. The molecule has 0 aromatic rings. The van der Waals surface area contributed by atoms with Crippen LogP contribution in [0.2, 0.25) is 0 Å². The first-order valence-electron chi connectivity index (χ1n) is 5.00. The van der Waals surface area contributed by atoms with Crippen LogP contribution in [0, 0.1) is 0 Å². The van der Waals surface area contributed by atoms with Gasteiger partial charge in [-0.05, 0) is 41.5 Å². The van der Waals surface area contributed by atoms with Crippen LogP contribution in [0.4, 0.5) is 4.79 Å². The molecule has 0 heterocycles. The fourth-order valence-corrected chi connectivity index (χ4v) is 1.21. The normalized spacial score (nSPS) is 10.7. The van der Waals surface area contributed by atoms with Crippen molar-refractivity contribution in [2.45, 2.75) is 47.1 Å². The van der Waals surface area contributed by atoms with E-state index in [-0.39, 0.29) is 11.6 Å². The first-order chi connectivity index (χ1) is 6.29. The third kappa shape index (κ3) is 4.30. The lowest BCUT2D eigenvalue weighted by Gasteiger charge is -2.34. The molecule has 0 bridgehead atoms. The maximum absolute atomic E-state index is 11.7. The summed E-state index contributed by atoms with van der Waals surface area (Å²) in [4.78, 5) is 13.5. The van der Waals surface area contributed by atoms with Crippen LogP contribution in [-0.2, 0) is 0 Å². The van der Waals surface area contributed by atoms with Crippen LogP contribution in [0.25, 0.3) is 0 Å². The lowest BCUT2D eigenvalue weighted by molar-refractivity contribution is 0.153. The number of rotatable bonds is 2. The van der Waals surface area contributed by atoms with Crippen LogP contribution in [0.1, 0.15) is 41.5 Å². The summed E-state index contributed by atoms with van der Waals surface area (Å²) in [6.45, 7) is 12.7. The molecular weight excluding hydrogens is 176 g/mol. The average Bonchev–Trinajstić information content (AvgIpc) is 1.99. The van der Waals surface area contributed by atoms with Crippen molar-refractivity contribution in [2.24, 2.45) is 0 Å². The first kappa shape index (κ1) is 13.0. The van der Waals surface area contributed by atoms with E-state index in [0.29, 0.717) is 6.54 Å². The predicted octanol–water partition coefficient (Wildman–Crippen LogP) is 2.74. The van der Waals surface area contributed by atoms with E-state index >= 15 is 0 Å². The van der Waals surface area contributed by atoms with Crippen molar-refractivity contribution >= 4 is 6.03 Å². The first-order valence-corrected chi connectivity index (χ1v) is 5.00. The third-order valence-electron chi connectivity index (χ3n) is 1.86. The molecule has 0 unspecified atom stereocenters. The van der Waals surface area contributed by atoms with Gasteiger partial charge in [0.25, 0.3) is 0 Å². The lowest BCUT2D eigenvalue weighted by atomic mass is 10.1. The van der Waals surface area contributed by atoms with Gasteiger partial charge in [0.15, 0.2) is 0 Å². The summed E-state index contributed by atoms with van der Waals surface area (Å²) in [6, 6.07) is -0.0406. The molecule has 0 radical (unpaired) electrons. The van der Waals surface area contributed by atoms with E-state index in [1.54, 1.807) is 11.1 Å². The predicted molar refractivity (Wildman–Crippen MR) is 60.1 cm³/mol. The van der Waals surface area contributed by atoms with Gasteiger partial charge < -0.3 is 10.2 Å². The minimum Gasteiger partial charge on any atom is -0.320 e. The van der Waals surface area contributed by atoms with Gasteiger partial charge in [-0.25, -0.2) is 4.79 Å². The van der Waals surface area contributed by atoms with Crippen LogP contribution in [-0.4, -0.2) is 23.0 Å². The zero-order valence-electron chi connectivity index (χ0n) is 10.1. The van der Waals surface area contributed by atoms with Crippen LogP contribution in [0.15, 0.2) is 11.8 Å². The number of carbonyl (C=O) groups excluding carboxylic acids is 1. The standard InChI is InChI=1S/C11H22N2O/c1-7-13(11(4,5)6)10(14)12-8-9(2)3/h8H,7H2,1-6H3,(H,12,14). The third-order valence-corrected chi connectivity index (χ3v) is 1.86. The highest BCUT2D eigenvalue weighted by Gasteiger charge is 2.23. The second kappa shape index (κ2) is 5.03. The minimum absolute atomic E-state index is 0.0406. The molecule has 0 atom stereocenters. The Kier molecular flexibility index (Phi) is 4.68. The monoisotopic (exact) mass is 198 g/mol. The summed E-state index contributed by atoms with van der Waals surface area (Å²) in [7, 11) is 0. The van der Waals surface area contributed by atoms with Crippen LogP contribution in [0.5, 0.6) is 0 Å². The maximum atomic E-state index is 11.7. The number of urea groups is 1. The van der Waals surface area contributed by atoms with Gasteiger partial charge in [-0.1, -0.05) is 5.57 Å². The van der Waals surface area contributed by atoms with Gasteiger partial charge in [0.05, 0.1) is 0 Å². The molecule has 2 amide bonds. The van der Waals surface area contributed by atoms with Gasteiger partial charge in [-0.3, -0.25) is 0 Å². The molecule has 3 nitrogen and oxygen atoms in total. The molecule has 1 N–H and O–H groups in total. The Bertz CT molecular complexity index is 222. The molecular formula is C11H22N2O. The molecule has 0 aliphatic carbocycles. The highest BCUT2D eigenvalue weighted by Crippen LogP contribution is 2.12. The summed E-state index contributed by atoms with van der Waals surface area (Å²) in [5.41, 5.74) is 0.956. The van der Waals surface area contributed by atoms with E-state index in [9.17, 15) is 4.79 Å². The van der Waals surface area contributed by atoms with Gasteiger partial charge in [-0.2, -0.15) is 0 Å². The van der Waals surface area contributed by atoms with Crippen LogP contribution < -0.4 is 5.32 Å². The molecule has 0 aliphatic heterocycles. The smallest absolute Gasteiger partial charge is 0.320 e. The number of nitrogens with one attached hydrogen (secondary N) is 1. The van der Waals surface area contributed by atoms with Crippen molar-refractivity contribution in [3.63, 3.8) is 0 Å². The summed E-state index contributed by atoms with van der Waals surface area (Å²) < 4.78 is 0. The summed E-state index contributed by atoms with van der Waals surface area (Å²) in [6.07, 6.45) is 1.73. The largest absolute Gasteiger partial charge is 0.321 e. The number of carbonyl (C=O) groups is 1. The van der Waals surface area contributed by atoms with E-state index in [1.807, 2.05) is 41.5 Å². The quantitative estimate of drug-likeness (QED) is 0.727. The van der Waals surface area contributed by atoms with Crippen molar-refractivity contribution in [1.29, 1.82) is 0 Å². The van der Waals surface area contributed by atoms with E-state index in [1.165, 1.54) is 0 Å². The number of amides is 2. The van der Waals surface area contributed by atoms with Crippen molar-refractivity contribution in [3.05, 3.63) is 11.8 Å². The molecule has 14 heavy (non-hydrogen) atoms. The molecule has 0 aromatic carbocycles. The summed E-state index contributed by atoms with van der Waals surface area (Å²) in [5, 5.41) is 2.76. The highest BCUT2D eigenvalue weighted by atomic mass is 16.2. The molecule has 0 aromatic heterocycles. The molecule has 0 fully saturated rings. The molecule has 0 rings (SSSR count). The summed E-state index contributed by atoms with van der Waals surface area (Å²) >= 11 is 0. The second-order valence-electron chi connectivity index (χ2n) is 4.59. The Balaban J connectivity index is 4.42. The van der Waals surface area contributed by atoms with Gasteiger partial charge in [0.1, 0.15) is 0 Å². The number of allylic oxidation sites excluding steroid dienone is 1. The Morgan fingerprint density at radius 2 is 1.86 bits per heavy atom. The van der Waals surface area contributed by atoms with E-state index < -0.39 is 0 Å². The molecule has 0 aliphatic rings. The van der Waals surface area contributed by atoms with Gasteiger partial charge >= 0.3 is 6.03 Å². The fourth-order valence-electron chi connectivity index (χ4n) is 1.21. The minimum atomic E-state index is -0.131. The Hall–Kier alpha value is -0.990. The van der Waals surface area contributed by atoms with Gasteiger partial charge in [-0.15, -0.1) is 0 Å². The van der Waals surface area contributed by atoms with Crippen molar-refractivity contribution in [1.82, 2.24) is 10.2 Å². The topological polar surface area (TPSA) is 32.3 Å². The van der Waals surface area contributed by atoms with E-state index in [4.69, 9.17) is 0 Å². The Labute approximate surface area is 87.2 Å². The van der Waals surface area contributed by atoms with Crippen molar-refractivity contribution in [2.75, 3.05) is 6.54 Å². The SMILES string of the molecule is CCN(C(=O)NC=C(C)C)C(C)(C)C. The molecule has 82 valence electrons. The highest BCUT2D eigenvalue weighted by molar-refractivity contribution is 5.76. The Morgan fingerprint density at radius 3 is 2.14 bits per heavy atom. The number of hydrogen-bond donors (Lipinski definition) is 1. The molecule has 0 saturated heterocycles. The maximum Gasteiger partial charge on any atom is 0.321 e. The zero-order valence-corrected chi connectivity index (χ0v) is 10.1. The van der Waals surface area contributed by atoms with Crippen LogP contribution >= 0.6 is 0 Å². The van der Waals surface area contributed by atoms with Gasteiger partial charge in [0.2, 0.25) is 0 Å².